The third-order valence-corrected chi connectivity index (χ3v) is 2.64. The summed E-state index contributed by atoms with van der Waals surface area (Å²) in [6.07, 6.45) is 2.91. The maximum absolute atomic E-state index is 11.2. The number of esters is 1. The Labute approximate surface area is 111 Å². The predicted octanol–water partition coefficient (Wildman–Crippen LogP) is 2.18. The number of anilines is 1. The van der Waals surface area contributed by atoms with E-state index in [0.717, 1.165) is 5.56 Å². The molecule has 5 nitrogen and oxygen atoms in total. The molecule has 1 aromatic heterocycles. The zero-order chi connectivity index (χ0) is 13.7. The van der Waals surface area contributed by atoms with Gasteiger partial charge in [0.2, 0.25) is 0 Å². The molecule has 19 heavy (non-hydrogen) atoms. The largest absolute Gasteiger partial charge is 0.464 e. The molecule has 0 fully saturated rings. The van der Waals surface area contributed by atoms with Crippen LogP contribution in [0.25, 0.3) is 0 Å². The molecule has 0 amide bonds. The van der Waals surface area contributed by atoms with Gasteiger partial charge in [-0.15, -0.1) is 0 Å². The van der Waals surface area contributed by atoms with Gasteiger partial charge in [0.1, 0.15) is 5.82 Å². The van der Waals surface area contributed by atoms with Crippen molar-refractivity contribution >= 4 is 11.8 Å². The van der Waals surface area contributed by atoms with Crippen LogP contribution in [0.1, 0.15) is 21.6 Å². The number of carbonyl (C=O) groups excluding carboxylic acids is 1. The van der Waals surface area contributed by atoms with Gasteiger partial charge in [-0.25, -0.2) is 14.8 Å². The second kappa shape index (κ2) is 5.95. The molecule has 1 aromatic carbocycles. The first-order chi connectivity index (χ1) is 9.19. The van der Waals surface area contributed by atoms with Gasteiger partial charge in [0.05, 0.1) is 19.5 Å². The van der Waals surface area contributed by atoms with Crippen molar-refractivity contribution in [3.8, 4) is 0 Å². The van der Waals surface area contributed by atoms with E-state index < -0.39 is 5.97 Å². The first-order valence-electron chi connectivity index (χ1n) is 5.89. The second-order valence-electron chi connectivity index (χ2n) is 4.12. The zero-order valence-electron chi connectivity index (χ0n) is 10.9. The van der Waals surface area contributed by atoms with Crippen LogP contribution in [0.5, 0.6) is 0 Å². The highest BCUT2D eigenvalue weighted by Crippen LogP contribution is 2.07. The number of ether oxygens (including phenoxy) is 1. The number of rotatable bonds is 4. The quantitative estimate of drug-likeness (QED) is 0.850. The fourth-order valence-electron chi connectivity index (χ4n) is 1.53. The molecule has 0 aliphatic rings. The lowest BCUT2D eigenvalue weighted by Gasteiger charge is -2.06. The Bertz CT molecular complexity index is 550. The third-order valence-electron chi connectivity index (χ3n) is 2.64. The summed E-state index contributed by atoms with van der Waals surface area (Å²) in [6, 6.07) is 8.23. The molecule has 0 aliphatic heterocycles. The summed E-state index contributed by atoms with van der Waals surface area (Å²) < 4.78 is 4.55. The molecule has 0 radical (unpaired) electrons. The van der Waals surface area contributed by atoms with Crippen LogP contribution in [0.2, 0.25) is 0 Å². The van der Waals surface area contributed by atoms with Crippen molar-refractivity contribution in [3.63, 3.8) is 0 Å². The maximum Gasteiger partial charge on any atom is 0.358 e. The summed E-state index contributed by atoms with van der Waals surface area (Å²) in [7, 11) is 1.31. The number of nitrogens with one attached hydrogen (secondary N) is 1. The number of hydrogen-bond acceptors (Lipinski definition) is 5. The molecule has 0 bridgehead atoms. The van der Waals surface area contributed by atoms with Crippen LogP contribution < -0.4 is 5.32 Å². The van der Waals surface area contributed by atoms with E-state index in [1.165, 1.54) is 25.1 Å². The van der Waals surface area contributed by atoms with Crippen LogP contribution in [-0.4, -0.2) is 23.0 Å². The number of nitrogens with zero attached hydrogens (tertiary/aromatic N) is 2. The Morgan fingerprint density at radius 1 is 1.21 bits per heavy atom. The first kappa shape index (κ1) is 13.0. The van der Waals surface area contributed by atoms with Crippen molar-refractivity contribution in [1.29, 1.82) is 0 Å². The summed E-state index contributed by atoms with van der Waals surface area (Å²) in [5, 5.41) is 3.14. The van der Waals surface area contributed by atoms with Gasteiger partial charge < -0.3 is 10.1 Å². The van der Waals surface area contributed by atoms with Gasteiger partial charge in [0, 0.05) is 6.54 Å². The first-order valence-corrected chi connectivity index (χ1v) is 5.89. The zero-order valence-corrected chi connectivity index (χ0v) is 10.9. The lowest BCUT2D eigenvalue weighted by molar-refractivity contribution is 0.0593. The highest BCUT2D eigenvalue weighted by Gasteiger charge is 2.06. The van der Waals surface area contributed by atoms with Crippen LogP contribution in [0.3, 0.4) is 0 Å². The summed E-state index contributed by atoms with van der Waals surface area (Å²) in [5.74, 6) is 0.130. The topological polar surface area (TPSA) is 64.1 Å². The van der Waals surface area contributed by atoms with Gasteiger partial charge >= 0.3 is 5.97 Å². The van der Waals surface area contributed by atoms with E-state index >= 15 is 0 Å². The van der Waals surface area contributed by atoms with Crippen molar-refractivity contribution in [1.82, 2.24) is 9.97 Å². The van der Waals surface area contributed by atoms with E-state index in [-0.39, 0.29) is 5.69 Å². The Morgan fingerprint density at radius 2 is 1.95 bits per heavy atom. The molecule has 0 atom stereocenters. The minimum atomic E-state index is -0.488. The van der Waals surface area contributed by atoms with Crippen molar-refractivity contribution in [2.24, 2.45) is 0 Å². The highest BCUT2D eigenvalue weighted by atomic mass is 16.5. The molecule has 0 saturated carbocycles. The van der Waals surface area contributed by atoms with Crippen LogP contribution in [0, 0.1) is 6.92 Å². The van der Waals surface area contributed by atoms with E-state index in [1.54, 1.807) is 0 Å². The number of methoxy groups -OCH3 is 1. The molecular weight excluding hydrogens is 242 g/mol. The lowest BCUT2D eigenvalue weighted by Crippen LogP contribution is -2.07. The van der Waals surface area contributed by atoms with Crippen molar-refractivity contribution in [2.75, 3.05) is 12.4 Å². The van der Waals surface area contributed by atoms with Crippen LogP contribution in [-0.2, 0) is 11.3 Å². The minimum Gasteiger partial charge on any atom is -0.464 e. The third kappa shape index (κ3) is 3.51. The molecule has 0 aliphatic carbocycles. The molecule has 0 saturated heterocycles. The average Bonchev–Trinajstić information content (AvgIpc) is 2.46. The molecule has 0 spiro atoms. The number of aromatic nitrogens is 2. The minimum absolute atomic E-state index is 0.198. The molecule has 0 unspecified atom stereocenters. The summed E-state index contributed by atoms with van der Waals surface area (Å²) in [5.41, 5.74) is 2.58. The number of aryl methyl sites for hydroxylation is 1. The van der Waals surface area contributed by atoms with Gasteiger partial charge in [-0.05, 0) is 12.5 Å². The van der Waals surface area contributed by atoms with Crippen LogP contribution >= 0.6 is 0 Å². The normalized spacial score (nSPS) is 10.0. The SMILES string of the molecule is COC(=O)c1cnc(NCc2ccc(C)cc2)cn1. The van der Waals surface area contributed by atoms with Gasteiger partial charge in [0.15, 0.2) is 5.69 Å². The average molecular weight is 257 g/mol. The summed E-state index contributed by atoms with van der Waals surface area (Å²) in [6.45, 7) is 2.71. The Balaban J connectivity index is 1.96. The van der Waals surface area contributed by atoms with Crippen LogP contribution in [0.4, 0.5) is 5.82 Å². The van der Waals surface area contributed by atoms with E-state index in [4.69, 9.17) is 0 Å². The van der Waals surface area contributed by atoms with Gasteiger partial charge in [-0.2, -0.15) is 0 Å². The van der Waals surface area contributed by atoms with E-state index in [0.29, 0.717) is 12.4 Å². The monoisotopic (exact) mass is 257 g/mol. The number of benzene rings is 1. The fraction of sp³-hybridized carbons (Fsp3) is 0.214. The number of hydrogen-bond donors (Lipinski definition) is 1. The number of carbonyl (C=O) groups is 1. The van der Waals surface area contributed by atoms with Crippen molar-refractivity contribution in [3.05, 3.63) is 53.5 Å². The smallest absolute Gasteiger partial charge is 0.358 e. The maximum atomic E-state index is 11.2. The lowest BCUT2D eigenvalue weighted by atomic mass is 10.1. The van der Waals surface area contributed by atoms with Gasteiger partial charge in [-0.3, -0.25) is 0 Å². The van der Waals surface area contributed by atoms with Crippen molar-refractivity contribution < 1.29 is 9.53 Å². The predicted molar refractivity (Wildman–Crippen MR) is 71.9 cm³/mol. The second-order valence-corrected chi connectivity index (χ2v) is 4.12. The van der Waals surface area contributed by atoms with E-state index in [1.807, 2.05) is 6.92 Å². The Kier molecular flexibility index (Phi) is 4.07. The highest BCUT2D eigenvalue weighted by molar-refractivity contribution is 5.86. The van der Waals surface area contributed by atoms with Gasteiger partial charge in [0.25, 0.3) is 0 Å². The molecular formula is C14H15N3O2. The summed E-state index contributed by atoms with van der Waals surface area (Å²) in [4.78, 5) is 19.3. The van der Waals surface area contributed by atoms with Crippen molar-refractivity contribution in [2.45, 2.75) is 13.5 Å². The molecule has 1 heterocycles. The molecule has 2 rings (SSSR count). The summed E-state index contributed by atoms with van der Waals surface area (Å²) >= 11 is 0. The van der Waals surface area contributed by atoms with Gasteiger partial charge in [-0.1, -0.05) is 29.8 Å². The van der Waals surface area contributed by atoms with E-state index in [2.05, 4.69) is 44.3 Å². The Morgan fingerprint density at radius 3 is 2.53 bits per heavy atom. The Hall–Kier alpha value is -2.43. The van der Waals surface area contributed by atoms with Crippen LogP contribution in [0.15, 0.2) is 36.7 Å². The fourth-order valence-corrected chi connectivity index (χ4v) is 1.53. The molecule has 5 heteroatoms. The molecule has 98 valence electrons. The molecule has 2 aromatic rings. The standard InChI is InChI=1S/C14H15N3O2/c1-10-3-5-11(6-4-10)7-16-13-9-15-12(8-17-13)14(18)19-2/h3-6,8-9H,7H2,1-2H3,(H,16,17). The van der Waals surface area contributed by atoms with E-state index in [9.17, 15) is 4.79 Å². The molecule has 1 N–H and O–H groups in total.